The zero-order valence-corrected chi connectivity index (χ0v) is 11.5. The van der Waals surface area contributed by atoms with Crippen molar-refractivity contribution in [3.8, 4) is 12.1 Å². The van der Waals surface area contributed by atoms with Gasteiger partial charge in [0.15, 0.2) is 0 Å². The molecule has 3 heteroatoms. The number of rotatable bonds is 4. The molecule has 1 fully saturated rings. The van der Waals surface area contributed by atoms with Gasteiger partial charge in [0.2, 0.25) is 0 Å². The standard InChI is InChI=1S/C16H19N3/c1-15(2,10-17)12-19-14-8-16(9-14,11-18)13-6-4-3-5-7-13/h3-7,14,19H,8-9,12H2,1-2H3. The van der Waals surface area contributed by atoms with Crippen molar-refractivity contribution in [2.45, 2.75) is 38.1 Å². The Hall–Kier alpha value is -1.84. The summed E-state index contributed by atoms with van der Waals surface area (Å²) < 4.78 is 0. The van der Waals surface area contributed by atoms with Crippen molar-refractivity contribution in [3.63, 3.8) is 0 Å². The van der Waals surface area contributed by atoms with Gasteiger partial charge in [-0.15, -0.1) is 0 Å². The summed E-state index contributed by atoms with van der Waals surface area (Å²) in [5.74, 6) is 0. The van der Waals surface area contributed by atoms with E-state index in [9.17, 15) is 5.26 Å². The predicted octanol–water partition coefficient (Wildman–Crippen LogP) is 2.75. The third kappa shape index (κ3) is 2.78. The molecule has 1 aliphatic carbocycles. The summed E-state index contributed by atoms with van der Waals surface area (Å²) in [6.45, 7) is 4.52. The van der Waals surface area contributed by atoms with Gasteiger partial charge in [-0.1, -0.05) is 30.3 Å². The molecule has 0 amide bonds. The lowest BCUT2D eigenvalue weighted by Crippen LogP contribution is -2.52. The van der Waals surface area contributed by atoms with Gasteiger partial charge in [0.1, 0.15) is 0 Å². The fourth-order valence-corrected chi connectivity index (χ4v) is 2.51. The van der Waals surface area contributed by atoms with Gasteiger partial charge in [0.05, 0.1) is 23.0 Å². The minimum atomic E-state index is -0.350. The van der Waals surface area contributed by atoms with Gasteiger partial charge in [-0.3, -0.25) is 0 Å². The van der Waals surface area contributed by atoms with Crippen LogP contribution in [-0.2, 0) is 5.41 Å². The lowest BCUT2D eigenvalue weighted by atomic mass is 9.62. The third-order valence-electron chi connectivity index (χ3n) is 3.87. The summed E-state index contributed by atoms with van der Waals surface area (Å²) in [7, 11) is 0. The number of hydrogen-bond donors (Lipinski definition) is 1. The van der Waals surface area contributed by atoms with E-state index in [0.29, 0.717) is 12.6 Å². The molecule has 2 rings (SSSR count). The highest BCUT2D eigenvalue weighted by molar-refractivity contribution is 5.36. The average Bonchev–Trinajstić information content (AvgIpc) is 2.39. The van der Waals surface area contributed by atoms with E-state index in [2.05, 4.69) is 17.5 Å². The zero-order chi connectivity index (χ0) is 13.9. The van der Waals surface area contributed by atoms with Gasteiger partial charge in [-0.05, 0) is 32.3 Å². The molecule has 0 atom stereocenters. The number of hydrogen-bond acceptors (Lipinski definition) is 3. The highest BCUT2D eigenvalue weighted by Crippen LogP contribution is 2.43. The highest BCUT2D eigenvalue weighted by Gasteiger charge is 2.46. The van der Waals surface area contributed by atoms with Crippen LogP contribution in [0.5, 0.6) is 0 Å². The SMILES string of the molecule is CC(C)(C#N)CNC1CC(C#N)(c2ccccc2)C1. The van der Waals surface area contributed by atoms with Gasteiger partial charge in [0.25, 0.3) is 0 Å². The Morgan fingerprint density at radius 1 is 1.26 bits per heavy atom. The summed E-state index contributed by atoms with van der Waals surface area (Å²) >= 11 is 0. The molecule has 19 heavy (non-hydrogen) atoms. The normalized spacial score (nSPS) is 26.0. The van der Waals surface area contributed by atoms with Gasteiger partial charge in [-0.2, -0.15) is 10.5 Å². The topological polar surface area (TPSA) is 59.6 Å². The van der Waals surface area contributed by atoms with Gasteiger partial charge in [-0.25, -0.2) is 0 Å². The Morgan fingerprint density at radius 2 is 1.89 bits per heavy atom. The molecule has 0 radical (unpaired) electrons. The molecule has 0 heterocycles. The van der Waals surface area contributed by atoms with Gasteiger partial charge < -0.3 is 5.32 Å². The lowest BCUT2D eigenvalue weighted by Gasteiger charge is -2.44. The minimum Gasteiger partial charge on any atom is -0.312 e. The van der Waals surface area contributed by atoms with Crippen molar-refractivity contribution in [2.75, 3.05) is 6.54 Å². The fraction of sp³-hybridized carbons (Fsp3) is 0.500. The van der Waals surface area contributed by atoms with Crippen molar-refractivity contribution < 1.29 is 0 Å². The van der Waals surface area contributed by atoms with Crippen LogP contribution in [0.4, 0.5) is 0 Å². The Labute approximate surface area is 114 Å². The number of nitrogens with zero attached hydrogens (tertiary/aromatic N) is 2. The second-order valence-corrected chi connectivity index (χ2v) is 6.04. The third-order valence-corrected chi connectivity index (χ3v) is 3.87. The zero-order valence-electron chi connectivity index (χ0n) is 11.5. The number of nitrogens with one attached hydrogen (secondary N) is 1. The maximum absolute atomic E-state index is 9.45. The largest absolute Gasteiger partial charge is 0.312 e. The van der Waals surface area contributed by atoms with Crippen LogP contribution in [0.25, 0.3) is 0 Å². The molecule has 0 saturated heterocycles. The molecule has 3 nitrogen and oxygen atoms in total. The van der Waals surface area contributed by atoms with Crippen LogP contribution in [0, 0.1) is 28.1 Å². The first-order valence-electron chi connectivity index (χ1n) is 6.63. The van der Waals surface area contributed by atoms with E-state index >= 15 is 0 Å². The Balaban J connectivity index is 1.95. The molecule has 0 aromatic heterocycles. The molecule has 98 valence electrons. The Bertz CT molecular complexity index is 513. The molecule has 1 saturated carbocycles. The lowest BCUT2D eigenvalue weighted by molar-refractivity contribution is 0.213. The molecule has 0 unspecified atom stereocenters. The molecule has 1 aliphatic rings. The minimum absolute atomic E-state index is 0.338. The quantitative estimate of drug-likeness (QED) is 0.897. The van der Waals surface area contributed by atoms with Crippen LogP contribution in [-0.4, -0.2) is 12.6 Å². The first-order chi connectivity index (χ1) is 9.01. The van der Waals surface area contributed by atoms with Gasteiger partial charge in [0, 0.05) is 12.6 Å². The number of nitriles is 2. The highest BCUT2D eigenvalue weighted by atomic mass is 14.9. The van der Waals surface area contributed by atoms with E-state index in [1.807, 2.05) is 44.2 Å². The second-order valence-electron chi connectivity index (χ2n) is 6.04. The molecule has 1 aromatic rings. The summed E-state index contributed by atoms with van der Waals surface area (Å²) in [6, 6.07) is 15.1. The first kappa shape index (κ1) is 13.6. The van der Waals surface area contributed by atoms with E-state index in [0.717, 1.165) is 18.4 Å². The summed E-state index contributed by atoms with van der Waals surface area (Å²) in [6.07, 6.45) is 1.66. The Kier molecular flexibility index (Phi) is 3.60. The van der Waals surface area contributed by atoms with Crippen LogP contribution >= 0.6 is 0 Å². The second kappa shape index (κ2) is 5.03. The van der Waals surface area contributed by atoms with Crippen LogP contribution in [0.2, 0.25) is 0 Å². The van der Waals surface area contributed by atoms with Crippen molar-refractivity contribution in [1.82, 2.24) is 5.32 Å². The van der Waals surface area contributed by atoms with Crippen LogP contribution in [0.3, 0.4) is 0 Å². The molecular weight excluding hydrogens is 234 g/mol. The van der Waals surface area contributed by atoms with Crippen molar-refractivity contribution in [2.24, 2.45) is 5.41 Å². The summed E-state index contributed by atoms with van der Waals surface area (Å²) in [4.78, 5) is 0. The average molecular weight is 253 g/mol. The molecular formula is C16H19N3. The molecule has 0 spiro atoms. The van der Waals surface area contributed by atoms with Crippen molar-refractivity contribution >= 4 is 0 Å². The van der Waals surface area contributed by atoms with Crippen molar-refractivity contribution in [1.29, 1.82) is 10.5 Å². The predicted molar refractivity (Wildman–Crippen MR) is 74.2 cm³/mol. The van der Waals surface area contributed by atoms with E-state index < -0.39 is 0 Å². The van der Waals surface area contributed by atoms with Crippen LogP contribution < -0.4 is 5.32 Å². The van der Waals surface area contributed by atoms with Crippen LogP contribution in [0.1, 0.15) is 32.3 Å². The van der Waals surface area contributed by atoms with Crippen molar-refractivity contribution in [3.05, 3.63) is 35.9 Å². The van der Waals surface area contributed by atoms with E-state index in [-0.39, 0.29) is 10.8 Å². The van der Waals surface area contributed by atoms with E-state index in [1.165, 1.54) is 0 Å². The van der Waals surface area contributed by atoms with Crippen LogP contribution in [0.15, 0.2) is 30.3 Å². The maximum Gasteiger partial charge on any atom is 0.0852 e. The molecule has 1 N–H and O–H groups in total. The summed E-state index contributed by atoms with van der Waals surface area (Å²) in [5.41, 5.74) is 0.419. The number of benzene rings is 1. The molecule has 0 aliphatic heterocycles. The van der Waals surface area contributed by atoms with E-state index in [1.54, 1.807) is 0 Å². The first-order valence-corrected chi connectivity index (χ1v) is 6.63. The Morgan fingerprint density at radius 3 is 2.42 bits per heavy atom. The monoisotopic (exact) mass is 253 g/mol. The molecule has 0 bridgehead atoms. The summed E-state index contributed by atoms with van der Waals surface area (Å²) in [5, 5.41) is 21.8. The van der Waals surface area contributed by atoms with E-state index in [4.69, 9.17) is 5.26 Å². The smallest absolute Gasteiger partial charge is 0.0852 e. The maximum atomic E-state index is 9.45. The molecule has 1 aromatic carbocycles. The fourth-order valence-electron chi connectivity index (χ4n) is 2.51. The van der Waals surface area contributed by atoms with Gasteiger partial charge >= 0.3 is 0 Å².